The third-order valence-electron chi connectivity index (χ3n) is 5.20. The molecule has 0 atom stereocenters. The second-order valence-corrected chi connectivity index (χ2v) is 7.49. The van der Waals surface area contributed by atoms with Crippen LogP contribution >= 0.6 is 0 Å². The van der Waals surface area contributed by atoms with Gasteiger partial charge in [0, 0.05) is 21.5 Å². The summed E-state index contributed by atoms with van der Waals surface area (Å²) in [4.78, 5) is 24.8. The van der Waals surface area contributed by atoms with E-state index >= 15 is 0 Å². The van der Waals surface area contributed by atoms with Crippen LogP contribution in [0.3, 0.4) is 0 Å². The van der Waals surface area contributed by atoms with E-state index < -0.39 is 12.3 Å². The van der Waals surface area contributed by atoms with E-state index in [9.17, 15) is 9.59 Å². The van der Waals surface area contributed by atoms with Gasteiger partial charge in [0.25, 0.3) is 0 Å². The van der Waals surface area contributed by atoms with Gasteiger partial charge in [-0.15, -0.1) is 0 Å². The highest BCUT2D eigenvalue weighted by molar-refractivity contribution is 6.13. The monoisotopic (exact) mass is 438 g/mol. The number of hydrogen-bond acceptors (Lipinski definition) is 6. The lowest BCUT2D eigenvalue weighted by Crippen LogP contribution is -2.14. The minimum Gasteiger partial charge on any atom is -0.434 e. The number of hydrogen-bond donors (Lipinski definition) is 0. The molecule has 170 valence electrons. The standard InChI is InChI=1S/C26H30O6/c1-5-14-29-25(27)31-23-20-11-9-10-18(8-4)22(20)24(32-26(28)30-15-6-2)19-13-12-17(7-3)16-21(19)23/h9-13,16H,5-8,14-15H2,1-4H3. The molecule has 0 radical (unpaired) electrons. The van der Waals surface area contributed by atoms with Crippen molar-refractivity contribution in [2.75, 3.05) is 13.2 Å². The topological polar surface area (TPSA) is 71.1 Å². The van der Waals surface area contributed by atoms with Crippen LogP contribution in [0.1, 0.15) is 51.7 Å². The van der Waals surface area contributed by atoms with Gasteiger partial charge in [0.2, 0.25) is 0 Å². The lowest BCUT2D eigenvalue weighted by Gasteiger charge is -2.18. The molecule has 0 saturated heterocycles. The van der Waals surface area contributed by atoms with E-state index in [0.29, 0.717) is 46.9 Å². The summed E-state index contributed by atoms with van der Waals surface area (Å²) in [5, 5.41) is 2.74. The van der Waals surface area contributed by atoms with E-state index in [1.54, 1.807) is 0 Å². The number of benzene rings is 3. The first-order valence-corrected chi connectivity index (χ1v) is 11.2. The molecule has 0 heterocycles. The Balaban J connectivity index is 2.30. The number of ether oxygens (including phenoxy) is 4. The third kappa shape index (κ3) is 4.96. The molecule has 0 aliphatic heterocycles. The highest BCUT2D eigenvalue weighted by Crippen LogP contribution is 2.45. The van der Waals surface area contributed by atoms with Crippen LogP contribution in [0.4, 0.5) is 9.59 Å². The number of carbonyl (C=O) groups excluding carboxylic acids is 2. The Morgan fingerprint density at radius 1 is 0.719 bits per heavy atom. The molecule has 0 N–H and O–H groups in total. The average Bonchev–Trinajstić information content (AvgIpc) is 2.82. The van der Waals surface area contributed by atoms with Crippen molar-refractivity contribution in [1.29, 1.82) is 0 Å². The van der Waals surface area contributed by atoms with Crippen molar-refractivity contribution < 1.29 is 28.5 Å². The first kappa shape index (κ1) is 23.4. The van der Waals surface area contributed by atoms with Crippen molar-refractivity contribution in [3.8, 4) is 11.5 Å². The summed E-state index contributed by atoms with van der Waals surface area (Å²) in [5.41, 5.74) is 2.03. The minimum absolute atomic E-state index is 0.277. The fourth-order valence-electron chi connectivity index (χ4n) is 3.64. The molecule has 3 rings (SSSR count). The van der Waals surface area contributed by atoms with Crippen molar-refractivity contribution in [2.45, 2.75) is 53.4 Å². The second kappa shape index (κ2) is 10.8. The zero-order valence-electron chi connectivity index (χ0n) is 19.2. The minimum atomic E-state index is -0.755. The predicted octanol–water partition coefficient (Wildman–Crippen LogP) is 6.97. The molecule has 0 aliphatic carbocycles. The lowest BCUT2D eigenvalue weighted by atomic mass is 9.94. The van der Waals surface area contributed by atoms with E-state index in [4.69, 9.17) is 18.9 Å². The number of carbonyl (C=O) groups is 2. The van der Waals surface area contributed by atoms with Gasteiger partial charge in [0.05, 0.1) is 13.2 Å². The number of aryl methyl sites for hydroxylation is 2. The third-order valence-corrected chi connectivity index (χ3v) is 5.20. The molecule has 0 saturated carbocycles. The Kier molecular flexibility index (Phi) is 7.92. The van der Waals surface area contributed by atoms with Crippen molar-refractivity contribution in [3.05, 3.63) is 47.5 Å². The van der Waals surface area contributed by atoms with Crippen LogP contribution in [-0.2, 0) is 22.3 Å². The van der Waals surface area contributed by atoms with Crippen LogP contribution in [0.15, 0.2) is 36.4 Å². The average molecular weight is 439 g/mol. The van der Waals surface area contributed by atoms with Crippen molar-refractivity contribution in [2.24, 2.45) is 0 Å². The molecular formula is C26H30O6. The second-order valence-electron chi connectivity index (χ2n) is 7.49. The molecule has 3 aromatic rings. The Morgan fingerprint density at radius 2 is 1.38 bits per heavy atom. The normalized spacial score (nSPS) is 10.9. The molecule has 0 spiro atoms. The van der Waals surface area contributed by atoms with Gasteiger partial charge in [-0.25, -0.2) is 9.59 Å². The van der Waals surface area contributed by atoms with Gasteiger partial charge in [-0.1, -0.05) is 58.0 Å². The summed E-state index contributed by atoms with van der Waals surface area (Å²) in [6.45, 7) is 8.47. The predicted molar refractivity (Wildman–Crippen MR) is 125 cm³/mol. The van der Waals surface area contributed by atoms with Crippen molar-refractivity contribution >= 4 is 33.9 Å². The Hall–Kier alpha value is -3.28. The summed E-state index contributed by atoms with van der Waals surface area (Å²) in [6, 6.07) is 11.6. The zero-order valence-corrected chi connectivity index (χ0v) is 19.2. The summed E-state index contributed by atoms with van der Waals surface area (Å²) < 4.78 is 21.8. The van der Waals surface area contributed by atoms with Gasteiger partial charge < -0.3 is 18.9 Å². The van der Waals surface area contributed by atoms with Gasteiger partial charge in [-0.2, -0.15) is 0 Å². The molecule has 0 fully saturated rings. The van der Waals surface area contributed by atoms with Gasteiger partial charge in [0.15, 0.2) is 5.75 Å². The van der Waals surface area contributed by atoms with E-state index in [2.05, 4.69) is 0 Å². The Morgan fingerprint density at radius 3 is 1.97 bits per heavy atom. The van der Waals surface area contributed by atoms with Crippen LogP contribution in [-0.4, -0.2) is 25.5 Å². The molecule has 0 aromatic heterocycles. The van der Waals surface area contributed by atoms with Crippen LogP contribution in [0, 0.1) is 0 Å². The van der Waals surface area contributed by atoms with Crippen molar-refractivity contribution in [3.63, 3.8) is 0 Å². The maximum absolute atomic E-state index is 12.4. The molecule has 6 heteroatoms. The SMILES string of the molecule is CCCOC(=O)Oc1c2cc(CC)ccc2c(OC(=O)OCCC)c2c(CC)cccc12. The molecule has 0 aliphatic rings. The smallest absolute Gasteiger partial charge is 0.434 e. The molecule has 32 heavy (non-hydrogen) atoms. The molecule has 0 bridgehead atoms. The summed E-state index contributed by atoms with van der Waals surface area (Å²) >= 11 is 0. The maximum Gasteiger partial charge on any atom is 0.513 e. The summed E-state index contributed by atoms with van der Waals surface area (Å²) in [6.07, 6.45) is 1.39. The first-order chi connectivity index (χ1) is 15.5. The molecule has 6 nitrogen and oxygen atoms in total. The van der Waals surface area contributed by atoms with Gasteiger partial charge in [-0.3, -0.25) is 0 Å². The van der Waals surface area contributed by atoms with Crippen LogP contribution in [0.25, 0.3) is 21.5 Å². The molecule has 0 unspecified atom stereocenters. The number of fused-ring (bicyclic) bond motifs is 2. The maximum atomic E-state index is 12.4. The fraction of sp³-hybridized carbons (Fsp3) is 0.385. The van der Waals surface area contributed by atoms with Gasteiger partial charge in [0.1, 0.15) is 5.75 Å². The van der Waals surface area contributed by atoms with E-state index in [1.807, 2.05) is 64.1 Å². The Labute approximate surface area is 188 Å². The largest absolute Gasteiger partial charge is 0.513 e. The van der Waals surface area contributed by atoms with Crippen LogP contribution in [0.2, 0.25) is 0 Å². The quantitative estimate of drug-likeness (QED) is 0.215. The highest BCUT2D eigenvalue weighted by atomic mass is 16.7. The molecule has 0 amide bonds. The van der Waals surface area contributed by atoms with E-state index in [-0.39, 0.29) is 13.2 Å². The molecule has 3 aromatic carbocycles. The first-order valence-electron chi connectivity index (χ1n) is 11.2. The fourth-order valence-corrected chi connectivity index (χ4v) is 3.64. The zero-order chi connectivity index (χ0) is 23.1. The van der Waals surface area contributed by atoms with E-state index in [0.717, 1.165) is 22.9 Å². The Bertz CT molecular complexity index is 1110. The summed E-state index contributed by atoms with van der Waals surface area (Å²) in [7, 11) is 0. The summed E-state index contributed by atoms with van der Waals surface area (Å²) in [5.74, 6) is 0.807. The number of rotatable bonds is 8. The van der Waals surface area contributed by atoms with Crippen LogP contribution in [0.5, 0.6) is 11.5 Å². The molecular weight excluding hydrogens is 408 g/mol. The van der Waals surface area contributed by atoms with Crippen LogP contribution < -0.4 is 9.47 Å². The van der Waals surface area contributed by atoms with Gasteiger partial charge >= 0.3 is 12.3 Å². The lowest BCUT2D eigenvalue weighted by molar-refractivity contribution is 0.0984. The highest BCUT2D eigenvalue weighted by Gasteiger charge is 2.23. The van der Waals surface area contributed by atoms with E-state index in [1.165, 1.54) is 0 Å². The van der Waals surface area contributed by atoms with Gasteiger partial charge in [-0.05, 0) is 42.9 Å². The van der Waals surface area contributed by atoms with Crippen molar-refractivity contribution in [1.82, 2.24) is 0 Å².